The van der Waals surface area contributed by atoms with Gasteiger partial charge < -0.3 is 14.2 Å². The Bertz CT molecular complexity index is 1070. The fraction of sp³-hybridized carbons (Fsp3) is 0.217. The molecule has 166 valence electrons. The van der Waals surface area contributed by atoms with E-state index in [1.165, 1.54) is 6.08 Å². The van der Waals surface area contributed by atoms with Crippen LogP contribution in [0.25, 0.3) is 0 Å². The number of thiol groups is 1. The van der Waals surface area contributed by atoms with E-state index in [1.54, 1.807) is 52.2 Å². The minimum absolute atomic E-state index is 0.164. The van der Waals surface area contributed by atoms with Gasteiger partial charge in [-0.25, -0.2) is 4.21 Å². The first-order chi connectivity index (χ1) is 15.5. The Morgan fingerprint density at radius 1 is 1.28 bits per heavy atom. The van der Waals surface area contributed by atoms with Gasteiger partial charge in [0.15, 0.2) is 15.9 Å². The molecule has 2 aliphatic rings. The standard InChI is InChI=1S/C23H24N4O3S2/c1-3-5-7-19-16-27(15-18-8-13-30-17-18)32(29)21(14-24)22(19)25-9-11-26(12-10-25)23(28)20(31)6-4-2/h3-8,13,16-17,31H,1-2,9-12,15H2/b7-5-,20-6-. The van der Waals surface area contributed by atoms with E-state index in [-0.39, 0.29) is 10.8 Å². The van der Waals surface area contributed by atoms with E-state index < -0.39 is 11.0 Å². The number of rotatable bonds is 7. The van der Waals surface area contributed by atoms with Gasteiger partial charge in [0.25, 0.3) is 5.91 Å². The van der Waals surface area contributed by atoms with E-state index in [2.05, 4.69) is 31.9 Å². The van der Waals surface area contributed by atoms with Crippen LogP contribution in [0, 0.1) is 11.3 Å². The molecule has 3 heterocycles. The van der Waals surface area contributed by atoms with E-state index in [0.717, 1.165) is 11.1 Å². The number of hydrogen-bond donors (Lipinski definition) is 1. The summed E-state index contributed by atoms with van der Waals surface area (Å²) in [4.78, 5) is 16.7. The highest BCUT2D eigenvalue weighted by atomic mass is 32.2. The van der Waals surface area contributed by atoms with Crippen molar-refractivity contribution in [2.24, 2.45) is 0 Å². The first-order valence-corrected chi connectivity index (χ1v) is 11.5. The third-order valence-corrected chi connectivity index (χ3v) is 6.60. The Balaban J connectivity index is 1.86. The molecule has 1 amide bonds. The van der Waals surface area contributed by atoms with Crippen LogP contribution in [0.15, 0.2) is 93.8 Å². The summed E-state index contributed by atoms with van der Waals surface area (Å²) in [5, 5.41) is 9.89. The predicted octanol–water partition coefficient (Wildman–Crippen LogP) is 3.26. The third-order valence-electron chi connectivity index (χ3n) is 4.97. The SMILES string of the molecule is C=C/C=C\C1=CN(Cc2ccoc2)S(=O)C(C#N)=C1N1CCN(C(=O)/C(S)=C/C=C)CC1. The van der Waals surface area contributed by atoms with Crippen LogP contribution < -0.4 is 0 Å². The average molecular weight is 469 g/mol. The second kappa shape index (κ2) is 10.9. The van der Waals surface area contributed by atoms with Crippen molar-refractivity contribution in [1.29, 1.82) is 5.26 Å². The zero-order chi connectivity index (χ0) is 23.1. The quantitative estimate of drug-likeness (QED) is 0.377. The van der Waals surface area contributed by atoms with Crippen molar-refractivity contribution < 1.29 is 13.4 Å². The van der Waals surface area contributed by atoms with Crippen LogP contribution in [0.4, 0.5) is 0 Å². The summed E-state index contributed by atoms with van der Waals surface area (Å²) in [5.74, 6) is -0.164. The molecule has 2 aliphatic heterocycles. The maximum atomic E-state index is 13.2. The molecule has 0 N–H and O–H groups in total. The number of furan rings is 1. The van der Waals surface area contributed by atoms with Crippen LogP contribution in [-0.2, 0) is 22.3 Å². The normalized spacial score (nSPS) is 19.8. The minimum Gasteiger partial charge on any atom is -0.472 e. The molecule has 0 radical (unpaired) electrons. The second-order valence-electron chi connectivity index (χ2n) is 6.99. The van der Waals surface area contributed by atoms with Crippen LogP contribution in [0.5, 0.6) is 0 Å². The summed E-state index contributed by atoms with van der Waals surface area (Å²) in [6, 6.07) is 3.94. The summed E-state index contributed by atoms with van der Waals surface area (Å²) < 4.78 is 19.9. The Morgan fingerprint density at radius 3 is 2.62 bits per heavy atom. The average Bonchev–Trinajstić information content (AvgIpc) is 3.32. The summed E-state index contributed by atoms with van der Waals surface area (Å²) in [5.41, 5.74) is 2.22. The van der Waals surface area contributed by atoms with Crippen molar-refractivity contribution in [1.82, 2.24) is 14.1 Å². The molecule has 0 aromatic carbocycles. The molecule has 0 spiro atoms. The Labute approximate surface area is 196 Å². The maximum absolute atomic E-state index is 13.2. The summed E-state index contributed by atoms with van der Waals surface area (Å²) >= 11 is 4.23. The molecule has 1 atom stereocenters. The minimum atomic E-state index is -1.67. The Hall–Kier alpha value is -3.22. The number of allylic oxidation sites excluding steroid dienone is 6. The van der Waals surface area contributed by atoms with Gasteiger partial charge in [-0.2, -0.15) is 5.26 Å². The fourth-order valence-electron chi connectivity index (χ4n) is 3.45. The Morgan fingerprint density at radius 2 is 2.03 bits per heavy atom. The first kappa shape index (κ1) is 23.4. The first-order valence-electron chi connectivity index (χ1n) is 9.91. The zero-order valence-electron chi connectivity index (χ0n) is 17.5. The number of hydrogen-bond acceptors (Lipinski definition) is 6. The third kappa shape index (κ3) is 5.15. The van der Waals surface area contributed by atoms with Gasteiger partial charge in [-0.05, 0) is 12.1 Å². The smallest absolute Gasteiger partial charge is 0.260 e. The van der Waals surface area contributed by atoms with Crippen molar-refractivity contribution in [3.05, 3.63) is 95.0 Å². The van der Waals surface area contributed by atoms with Crippen molar-refractivity contribution >= 4 is 29.5 Å². The van der Waals surface area contributed by atoms with Crippen LogP contribution in [0.1, 0.15) is 5.56 Å². The topological polar surface area (TPSA) is 80.8 Å². The number of nitriles is 1. The van der Waals surface area contributed by atoms with Gasteiger partial charge in [0.2, 0.25) is 0 Å². The van der Waals surface area contributed by atoms with Crippen LogP contribution in [-0.4, -0.2) is 50.4 Å². The van der Waals surface area contributed by atoms with E-state index >= 15 is 0 Å². The van der Waals surface area contributed by atoms with Crippen LogP contribution in [0.2, 0.25) is 0 Å². The van der Waals surface area contributed by atoms with Gasteiger partial charge in [0.1, 0.15) is 6.07 Å². The van der Waals surface area contributed by atoms with Gasteiger partial charge in [-0.1, -0.05) is 37.5 Å². The van der Waals surface area contributed by atoms with Crippen molar-refractivity contribution in [2.75, 3.05) is 26.2 Å². The molecule has 3 rings (SSSR count). The lowest BCUT2D eigenvalue weighted by Crippen LogP contribution is -2.49. The number of carbonyl (C=O) groups excluding carboxylic acids is 1. The molecular formula is C23H24N4O3S2. The highest BCUT2D eigenvalue weighted by molar-refractivity contribution is 7.87. The Kier molecular flexibility index (Phi) is 7.98. The number of carbonyl (C=O) groups is 1. The molecule has 7 nitrogen and oxygen atoms in total. The zero-order valence-corrected chi connectivity index (χ0v) is 19.2. The van der Waals surface area contributed by atoms with Gasteiger partial charge in [-0.15, -0.1) is 12.6 Å². The lowest BCUT2D eigenvalue weighted by Gasteiger charge is -2.39. The summed E-state index contributed by atoms with van der Waals surface area (Å²) in [6.45, 7) is 9.57. The number of piperazine rings is 1. The van der Waals surface area contributed by atoms with Crippen molar-refractivity contribution in [2.45, 2.75) is 6.54 Å². The number of nitrogens with zero attached hydrogens (tertiary/aromatic N) is 4. The van der Waals surface area contributed by atoms with Gasteiger partial charge in [-0.3, -0.25) is 9.10 Å². The summed E-state index contributed by atoms with van der Waals surface area (Å²) in [7, 11) is -1.67. The van der Waals surface area contributed by atoms with E-state index in [0.29, 0.717) is 43.3 Å². The van der Waals surface area contributed by atoms with Crippen molar-refractivity contribution in [3.8, 4) is 6.07 Å². The van der Waals surface area contributed by atoms with Crippen LogP contribution in [0.3, 0.4) is 0 Å². The van der Waals surface area contributed by atoms with E-state index in [1.807, 2.05) is 11.0 Å². The largest absolute Gasteiger partial charge is 0.472 e. The monoisotopic (exact) mass is 468 g/mol. The van der Waals surface area contributed by atoms with Gasteiger partial charge in [0.05, 0.1) is 29.7 Å². The lowest BCUT2D eigenvalue weighted by atomic mass is 10.1. The molecule has 1 saturated heterocycles. The molecule has 1 unspecified atom stereocenters. The second-order valence-corrected chi connectivity index (χ2v) is 8.85. The molecule has 0 saturated carbocycles. The van der Waals surface area contributed by atoms with Crippen molar-refractivity contribution in [3.63, 3.8) is 0 Å². The van der Waals surface area contributed by atoms with Gasteiger partial charge in [0, 0.05) is 43.5 Å². The predicted molar refractivity (Wildman–Crippen MR) is 128 cm³/mol. The van der Waals surface area contributed by atoms with Gasteiger partial charge >= 0.3 is 0 Å². The molecule has 1 fully saturated rings. The molecule has 32 heavy (non-hydrogen) atoms. The highest BCUT2D eigenvalue weighted by Crippen LogP contribution is 2.31. The maximum Gasteiger partial charge on any atom is 0.260 e. The van der Waals surface area contributed by atoms with Crippen LogP contribution >= 0.6 is 12.6 Å². The molecule has 0 aliphatic carbocycles. The lowest BCUT2D eigenvalue weighted by molar-refractivity contribution is -0.127. The molecule has 0 bridgehead atoms. The molecular weight excluding hydrogens is 444 g/mol. The van der Waals surface area contributed by atoms with E-state index in [9.17, 15) is 14.3 Å². The summed E-state index contributed by atoms with van der Waals surface area (Å²) in [6.07, 6.45) is 13.3. The number of amides is 1. The molecule has 1 aromatic rings. The molecule has 9 heteroatoms. The fourth-order valence-corrected chi connectivity index (χ4v) is 4.90. The van der Waals surface area contributed by atoms with E-state index in [4.69, 9.17) is 4.42 Å². The molecule has 1 aromatic heterocycles. The highest BCUT2D eigenvalue weighted by Gasteiger charge is 2.32.